The van der Waals surface area contributed by atoms with E-state index < -0.39 is 0 Å². The lowest BCUT2D eigenvalue weighted by Crippen LogP contribution is -2.49. The molecule has 0 radical (unpaired) electrons. The molecule has 2 aliphatic heterocycles. The van der Waals surface area contributed by atoms with Crippen LogP contribution in [0.2, 0.25) is 0 Å². The average Bonchev–Trinajstić information content (AvgIpc) is 2.64. The van der Waals surface area contributed by atoms with Gasteiger partial charge in [-0.3, -0.25) is 14.6 Å². The van der Waals surface area contributed by atoms with Gasteiger partial charge >= 0.3 is 0 Å². The molecular formula is C18H25FN2O3. The highest BCUT2D eigenvalue weighted by atomic mass is 19.1. The number of hydrogen-bond acceptors (Lipinski definition) is 5. The van der Waals surface area contributed by atoms with Crippen molar-refractivity contribution in [1.82, 2.24) is 9.80 Å². The maximum absolute atomic E-state index is 13.1. The third-order valence-corrected chi connectivity index (χ3v) is 4.74. The Morgan fingerprint density at radius 3 is 2.21 bits per heavy atom. The fourth-order valence-corrected chi connectivity index (χ4v) is 3.30. The van der Waals surface area contributed by atoms with Crippen LogP contribution < -0.4 is 0 Å². The quantitative estimate of drug-likeness (QED) is 0.735. The number of morpholine rings is 2. The van der Waals surface area contributed by atoms with E-state index in [1.54, 1.807) is 12.1 Å². The van der Waals surface area contributed by atoms with E-state index in [1.807, 2.05) is 0 Å². The second-order valence-electron chi connectivity index (χ2n) is 6.28. The third kappa shape index (κ3) is 4.60. The second kappa shape index (κ2) is 8.67. The van der Waals surface area contributed by atoms with Gasteiger partial charge in [0.25, 0.3) is 0 Å². The van der Waals surface area contributed by atoms with E-state index in [9.17, 15) is 9.18 Å². The van der Waals surface area contributed by atoms with Crippen LogP contribution in [0.1, 0.15) is 16.8 Å². The summed E-state index contributed by atoms with van der Waals surface area (Å²) in [6.07, 6.45) is 0.774. The van der Waals surface area contributed by atoms with Crippen LogP contribution >= 0.6 is 0 Å². The molecule has 2 fully saturated rings. The van der Waals surface area contributed by atoms with Crippen molar-refractivity contribution in [2.75, 3.05) is 59.2 Å². The molecule has 0 bridgehead atoms. The highest BCUT2D eigenvalue weighted by Gasteiger charge is 2.28. The van der Waals surface area contributed by atoms with Gasteiger partial charge in [0.1, 0.15) is 5.82 Å². The topological polar surface area (TPSA) is 42.0 Å². The van der Waals surface area contributed by atoms with Gasteiger partial charge < -0.3 is 9.47 Å². The average molecular weight is 336 g/mol. The number of Topliss-reactive ketones (excluding diaryl/α,β-unsaturated/α-hetero) is 1. The van der Waals surface area contributed by atoms with E-state index in [-0.39, 0.29) is 17.6 Å². The van der Waals surface area contributed by atoms with Crippen molar-refractivity contribution in [2.45, 2.75) is 12.5 Å². The van der Waals surface area contributed by atoms with Gasteiger partial charge in [0, 0.05) is 38.3 Å². The minimum Gasteiger partial charge on any atom is -0.379 e. The van der Waals surface area contributed by atoms with Gasteiger partial charge in [-0.15, -0.1) is 0 Å². The van der Waals surface area contributed by atoms with Crippen molar-refractivity contribution < 1.29 is 18.7 Å². The molecule has 1 atom stereocenters. The number of nitrogens with zero attached hydrogens (tertiary/aromatic N) is 2. The SMILES string of the molecule is O=C(c1ccc(F)cc1)C(CCN1CCOCC1)N1CCOCC1. The smallest absolute Gasteiger partial charge is 0.179 e. The molecule has 132 valence electrons. The minimum atomic E-state index is -0.317. The van der Waals surface area contributed by atoms with Gasteiger partial charge in [-0.1, -0.05) is 0 Å². The molecule has 0 aliphatic carbocycles. The van der Waals surface area contributed by atoms with Gasteiger partial charge in [0.05, 0.1) is 32.5 Å². The first-order chi connectivity index (χ1) is 11.7. The van der Waals surface area contributed by atoms with Gasteiger partial charge in [-0.25, -0.2) is 4.39 Å². The summed E-state index contributed by atoms with van der Waals surface area (Å²) in [4.78, 5) is 17.5. The van der Waals surface area contributed by atoms with E-state index in [4.69, 9.17) is 9.47 Å². The maximum atomic E-state index is 13.1. The number of ether oxygens (including phenoxy) is 2. The fraction of sp³-hybridized carbons (Fsp3) is 0.611. The molecule has 0 amide bonds. The fourth-order valence-electron chi connectivity index (χ4n) is 3.30. The summed E-state index contributed by atoms with van der Waals surface area (Å²) in [5, 5.41) is 0. The van der Waals surface area contributed by atoms with Crippen LogP contribution in [0.25, 0.3) is 0 Å². The largest absolute Gasteiger partial charge is 0.379 e. The maximum Gasteiger partial charge on any atom is 0.179 e. The third-order valence-electron chi connectivity index (χ3n) is 4.74. The summed E-state index contributed by atoms with van der Waals surface area (Å²) >= 11 is 0. The van der Waals surface area contributed by atoms with E-state index in [0.717, 1.165) is 52.4 Å². The molecule has 1 aromatic rings. The zero-order valence-electron chi connectivity index (χ0n) is 14.0. The Bertz CT molecular complexity index is 526. The Labute approximate surface area is 142 Å². The molecule has 1 aromatic carbocycles. The van der Waals surface area contributed by atoms with Crippen molar-refractivity contribution in [1.29, 1.82) is 0 Å². The Hall–Kier alpha value is -1.34. The van der Waals surface area contributed by atoms with E-state index in [0.29, 0.717) is 18.8 Å². The minimum absolute atomic E-state index is 0.0742. The highest BCUT2D eigenvalue weighted by molar-refractivity contribution is 6.00. The van der Waals surface area contributed by atoms with Crippen LogP contribution in [0.5, 0.6) is 0 Å². The van der Waals surface area contributed by atoms with E-state index in [2.05, 4.69) is 9.80 Å². The molecule has 3 rings (SSSR count). The molecule has 6 heteroatoms. The van der Waals surface area contributed by atoms with Crippen LogP contribution in [0.3, 0.4) is 0 Å². The molecule has 2 aliphatic rings. The molecule has 0 spiro atoms. The van der Waals surface area contributed by atoms with Crippen molar-refractivity contribution in [3.8, 4) is 0 Å². The van der Waals surface area contributed by atoms with Gasteiger partial charge in [-0.05, 0) is 30.7 Å². The first kappa shape index (κ1) is 17.5. The molecule has 0 saturated carbocycles. The molecular weight excluding hydrogens is 311 g/mol. The van der Waals surface area contributed by atoms with Crippen LogP contribution in [0.15, 0.2) is 24.3 Å². The molecule has 24 heavy (non-hydrogen) atoms. The van der Waals surface area contributed by atoms with E-state index in [1.165, 1.54) is 12.1 Å². The first-order valence-electron chi connectivity index (χ1n) is 8.66. The number of benzene rings is 1. The summed E-state index contributed by atoms with van der Waals surface area (Å²) in [7, 11) is 0. The number of halogens is 1. The first-order valence-corrected chi connectivity index (χ1v) is 8.66. The molecule has 0 N–H and O–H groups in total. The van der Waals surface area contributed by atoms with Crippen molar-refractivity contribution in [3.05, 3.63) is 35.6 Å². The summed E-state index contributed by atoms with van der Waals surface area (Å²) in [5.74, 6) is -0.243. The monoisotopic (exact) mass is 336 g/mol. The molecule has 2 saturated heterocycles. The molecule has 1 unspecified atom stereocenters. The zero-order valence-corrected chi connectivity index (χ0v) is 14.0. The number of rotatable bonds is 6. The van der Waals surface area contributed by atoms with Crippen molar-refractivity contribution in [3.63, 3.8) is 0 Å². The Morgan fingerprint density at radius 1 is 1.00 bits per heavy atom. The predicted octanol–water partition coefficient (Wildman–Crippen LogP) is 1.43. The molecule has 2 heterocycles. The lowest BCUT2D eigenvalue weighted by Gasteiger charge is -2.35. The van der Waals surface area contributed by atoms with Crippen molar-refractivity contribution in [2.24, 2.45) is 0 Å². The number of ketones is 1. The lowest BCUT2D eigenvalue weighted by molar-refractivity contribution is 0.00780. The van der Waals surface area contributed by atoms with Gasteiger partial charge in [0.2, 0.25) is 0 Å². The Kier molecular flexibility index (Phi) is 6.31. The second-order valence-corrected chi connectivity index (χ2v) is 6.28. The number of carbonyl (C=O) groups excluding carboxylic acids is 1. The summed E-state index contributed by atoms with van der Waals surface area (Å²) in [6.45, 7) is 7.07. The van der Waals surface area contributed by atoms with Gasteiger partial charge in [-0.2, -0.15) is 0 Å². The molecule has 5 nitrogen and oxygen atoms in total. The number of hydrogen-bond donors (Lipinski definition) is 0. The zero-order chi connectivity index (χ0) is 16.8. The Morgan fingerprint density at radius 2 is 1.58 bits per heavy atom. The van der Waals surface area contributed by atoms with E-state index >= 15 is 0 Å². The van der Waals surface area contributed by atoms with Crippen LogP contribution in [0.4, 0.5) is 4.39 Å². The lowest BCUT2D eigenvalue weighted by atomic mass is 9.99. The van der Waals surface area contributed by atoms with Crippen LogP contribution in [0, 0.1) is 5.82 Å². The van der Waals surface area contributed by atoms with Crippen LogP contribution in [-0.4, -0.2) is 80.8 Å². The Balaban J connectivity index is 1.68. The van der Waals surface area contributed by atoms with Crippen molar-refractivity contribution >= 4 is 5.78 Å². The summed E-state index contributed by atoms with van der Waals surface area (Å²) in [5.41, 5.74) is 0.579. The summed E-state index contributed by atoms with van der Waals surface area (Å²) < 4.78 is 23.9. The standard InChI is InChI=1S/C18H25FN2O3/c19-16-3-1-15(2-4-16)18(22)17(21-9-13-24-14-10-21)5-6-20-7-11-23-12-8-20/h1-4,17H,5-14H2. The predicted molar refractivity (Wildman–Crippen MR) is 88.8 cm³/mol. The van der Waals surface area contributed by atoms with Gasteiger partial charge in [0.15, 0.2) is 5.78 Å². The summed E-state index contributed by atoms with van der Waals surface area (Å²) in [6, 6.07) is 5.69. The normalized spacial score (nSPS) is 21.5. The highest BCUT2D eigenvalue weighted by Crippen LogP contribution is 2.16. The van der Waals surface area contributed by atoms with Crippen LogP contribution in [-0.2, 0) is 9.47 Å². The number of carbonyl (C=O) groups is 1. The molecule has 0 aromatic heterocycles.